The second kappa shape index (κ2) is 20.7. The molecule has 0 aromatic carbocycles. The van der Waals surface area contributed by atoms with E-state index < -0.39 is 6.29 Å². The SMILES string of the molecule is [CH2]C(=O)NCCOC(O)CCCCCCCCCCCCCCCCC. The smallest absolute Gasteiger partial charge is 0.220 e. The number of unbranched alkanes of at least 4 members (excludes halogenated alkanes) is 14. The van der Waals surface area contributed by atoms with Gasteiger partial charge in [0.1, 0.15) is 0 Å². The molecule has 1 amide bonds. The van der Waals surface area contributed by atoms with Crippen LogP contribution in [0.2, 0.25) is 0 Å². The fourth-order valence-electron chi connectivity index (χ4n) is 3.16. The van der Waals surface area contributed by atoms with Crippen LogP contribution in [0.3, 0.4) is 0 Å². The van der Waals surface area contributed by atoms with Crippen LogP contribution in [0.15, 0.2) is 0 Å². The van der Waals surface area contributed by atoms with Gasteiger partial charge in [-0.15, -0.1) is 0 Å². The summed E-state index contributed by atoms with van der Waals surface area (Å²) in [6.07, 6.45) is 20.1. The van der Waals surface area contributed by atoms with Crippen molar-refractivity contribution in [1.29, 1.82) is 0 Å². The fourth-order valence-corrected chi connectivity index (χ4v) is 3.16. The van der Waals surface area contributed by atoms with E-state index in [0.717, 1.165) is 12.8 Å². The van der Waals surface area contributed by atoms with Crippen LogP contribution in [0.4, 0.5) is 0 Å². The molecule has 0 aliphatic carbocycles. The molecule has 2 N–H and O–H groups in total. The average molecular weight is 371 g/mol. The summed E-state index contributed by atoms with van der Waals surface area (Å²) in [6.45, 7) is 6.22. The highest BCUT2D eigenvalue weighted by Crippen LogP contribution is 2.14. The Labute approximate surface area is 162 Å². The zero-order chi connectivity index (χ0) is 19.3. The molecule has 0 aromatic rings. The second-order valence-corrected chi connectivity index (χ2v) is 7.41. The van der Waals surface area contributed by atoms with E-state index in [0.29, 0.717) is 19.6 Å². The molecule has 4 heteroatoms. The van der Waals surface area contributed by atoms with Crippen molar-refractivity contribution in [3.8, 4) is 0 Å². The van der Waals surface area contributed by atoms with Crippen molar-refractivity contribution in [2.24, 2.45) is 0 Å². The van der Waals surface area contributed by atoms with Gasteiger partial charge in [-0.3, -0.25) is 4.79 Å². The summed E-state index contributed by atoms with van der Waals surface area (Å²) in [6, 6.07) is 0. The normalized spacial score (nSPS) is 12.3. The Balaban J connectivity index is 3.11. The van der Waals surface area contributed by atoms with Crippen molar-refractivity contribution in [3.05, 3.63) is 6.92 Å². The first-order chi connectivity index (χ1) is 12.7. The third-order valence-electron chi connectivity index (χ3n) is 4.79. The molecular formula is C22H44NO3. The second-order valence-electron chi connectivity index (χ2n) is 7.41. The van der Waals surface area contributed by atoms with E-state index in [2.05, 4.69) is 19.2 Å². The van der Waals surface area contributed by atoms with Gasteiger partial charge in [0.05, 0.1) is 6.61 Å². The number of carbonyl (C=O) groups excluding carboxylic acids is 1. The summed E-state index contributed by atoms with van der Waals surface area (Å²) in [5, 5.41) is 12.2. The number of carbonyl (C=O) groups is 1. The zero-order valence-corrected chi connectivity index (χ0v) is 17.3. The molecular weight excluding hydrogens is 326 g/mol. The first kappa shape index (κ1) is 25.4. The summed E-state index contributed by atoms with van der Waals surface area (Å²) in [7, 11) is 0. The number of ether oxygens (including phenoxy) is 1. The van der Waals surface area contributed by atoms with Crippen LogP contribution in [0.25, 0.3) is 0 Å². The highest BCUT2D eigenvalue weighted by Gasteiger charge is 2.03. The lowest BCUT2D eigenvalue weighted by molar-refractivity contribution is -0.120. The van der Waals surface area contributed by atoms with E-state index in [1.165, 1.54) is 83.5 Å². The number of amides is 1. The monoisotopic (exact) mass is 370 g/mol. The van der Waals surface area contributed by atoms with Crippen LogP contribution in [-0.2, 0) is 9.53 Å². The number of nitrogens with one attached hydrogen (secondary N) is 1. The fraction of sp³-hybridized carbons (Fsp3) is 0.909. The predicted molar refractivity (Wildman–Crippen MR) is 110 cm³/mol. The van der Waals surface area contributed by atoms with Crippen molar-refractivity contribution in [1.82, 2.24) is 5.32 Å². The van der Waals surface area contributed by atoms with Crippen molar-refractivity contribution in [2.45, 2.75) is 116 Å². The van der Waals surface area contributed by atoms with Gasteiger partial charge < -0.3 is 15.2 Å². The summed E-state index contributed by atoms with van der Waals surface area (Å²) >= 11 is 0. The number of hydrogen-bond donors (Lipinski definition) is 2. The first-order valence-electron chi connectivity index (χ1n) is 11.1. The average Bonchev–Trinajstić information content (AvgIpc) is 2.62. The van der Waals surface area contributed by atoms with Gasteiger partial charge >= 0.3 is 0 Å². The van der Waals surface area contributed by atoms with E-state index in [9.17, 15) is 9.90 Å². The predicted octanol–water partition coefficient (Wildman–Crippen LogP) is 5.53. The Morgan fingerprint density at radius 2 is 1.27 bits per heavy atom. The molecule has 1 radical (unpaired) electrons. The molecule has 0 saturated heterocycles. The lowest BCUT2D eigenvalue weighted by Gasteiger charge is -2.12. The Kier molecular flexibility index (Phi) is 20.2. The Bertz CT molecular complexity index is 297. The third kappa shape index (κ3) is 21.4. The van der Waals surface area contributed by atoms with E-state index in [4.69, 9.17) is 4.74 Å². The molecule has 155 valence electrons. The van der Waals surface area contributed by atoms with Crippen LogP contribution >= 0.6 is 0 Å². The number of rotatable bonds is 20. The Morgan fingerprint density at radius 3 is 1.69 bits per heavy atom. The lowest BCUT2D eigenvalue weighted by atomic mass is 10.0. The molecule has 1 unspecified atom stereocenters. The van der Waals surface area contributed by atoms with E-state index in [1.54, 1.807) is 0 Å². The van der Waals surface area contributed by atoms with Gasteiger partial charge in [0.25, 0.3) is 0 Å². The minimum atomic E-state index is -0.710. The topological polar surface area (TPSA) is 58.6 Å². The van der Waals surface area contributed by atoms with Crippen LogP contribution in [-0.4, -0.2) is 30.5 Å². The third-order valence-corrected chi connectivity index (χ3v) is 4.79. The molecule has 4 nitrogen and oxygen atoms in total. The molecule has 1 atom stereocenters. The number of hydrogen-bond acceptors (Lipinski definition) is 3. The number of aliphatic hydroxyl groups excluding tert-OH is 1. The van der Waals surface area contributed by atoms with Crippen molar-refractivity contribution >= 4 is 5.91 Å². The molecule has 0 aliphatic heterocycles. The van der Waals surface area contributed by atoms with Crippen molar-refractivity contribution < 1.29 is 14.6 Å². The van der Waals surface area contributed by atoms with Gasteiger partial charge in [-0.2, -0.15) is 0 Å². The van der Waals surface area contributed by atoms with Crippen LogP contribution < -0.4 is 5.32 Å². The molecule has 26 heavy (non-hydrogen) atoms. The molecule has 0 aliphatic rings. The summed E-state index contributed by atoms with van der Waals surface area (Å²) < 4.78 is 5.22. The zero-order valence-electron chi connectivity index (χ0n) is 17.3. The molecule has 0 heterocycles. The lowest BCUT2D eigenvalue weighted by Crippen LogP contribution is -2.26. The minimum Gasteiger partial charge on any atom is -0.368 e. The van der Waals surface area contributed by atoms with Crippen molar-refractivity contribution in [3.63, 3.8) is 0 Å². The maximum Gasteiger partial charge on any atom is 0.220 e. The van der Waals surface area contributed by atoms with Crippen LogP contribution in [0, 0.1) is 6.92 Å². The Morgan fingerprint density at radius 1 is 0.846 bits per heavy atom. The van der Waals surface area contributed by atoms with Crippen molar-refractivity contribution in [2.75, 3.05) is 13.2 Å². The summed E-state index contributed by atoms with van der Waals surface area (Å²) in [4.78, 5) is 10.6. The number of aliphatic hydroxyl groups is 1. The molecule has 0 saturated carbocycles. The summed E-state index contributed by atoms with van der Waals surface area (Å²) in [5.41, 5.74) is 0. The maximum absolute atomic E-state index is 10.6. The molecule has 0 fully saturated rings. The van der Waals surface area contributed by atoms with E-state index in [-0.39, 0.29) is 5.91 Å². The first-order valence-corrected chi connectivity index (χ1v) is 11.1. The van der Waals surface area contributed by atoms with Crippen LogP contribution in [0.5, 0.6) is 0 Å². The minimum absolute atomic E-state index is 0.314. The highest BCUT2D eigenvalue weighted by molar-refractivity contribution is 5.79. The Hall–Kier alpha value is -0.610. The van der Waals surface area contributed by atoms with E-state index in [1.807, 2.05) is 0 Å². The largest absolute Gasteiger partial charge is 0.368 e. The summed E-state index contributed by atoms with van der Waals surface area (Å²) in [5.74, 6) is -0.314. The van der Waals surface area contributed by atoms with Crippen LogP contribution in [0.1, 0.15) is 110 Å². The quantitative estimate of drug-likeness (QED) is 0.219. The van der Waals surface area contributed by atoms with Gasteiger partial charge in [-0.1, -0.05) is 96.8 Å². The maximum atomic E-state index is 10.6. The van der Waals surface area contributed by atoms with E-state index >= 15 is 0 Å². The molecule has 0 aromatic heterocycles. The molecule has 0 bridgehead atoms. The molecule has 0 spiro atoms. The van der Waals surface area contributed by atoms with Gasteiger partial charge in [0, 0.05) is 13.5 Å². The van der Waals surface area contributed by atoms with Gasteiger partial charge in [0.2, 0.25) is 5.91 Å². The highest BCUT2D eigenvalue weighted by atomic mass is 16.6. The standard InChI is InChI=1S/C22H44NO3/c1-3-4-5-6-7-8-9-10-11-12-13-14-15-16-17-18-22(25)26-20-19-23-21(2)24/h22,25H,2-20H2,1H3,(H,23,24). The molecule has 0 rings (SSSR count). The van der Waals surface area contributed by atoms with Gasteiger partial charge in [-0.25, -0.2) is 0 Å². The van der Waals surface area contributed by atoms with Gasteiger partial charge in [-0.05, 0) is 12.8 Å². The van der Waals surface area contributed by atoms with Gasteiger partial charge in [0.15, 0.2) is 6.29 Å².